The van der Waals surface area contributed by atoms with Crippen molar-refractivity contribution in [1.29, 1.82) is 0 Å². The molecule has 0 radical (unpaired) electrons. The normalized spacial score (nSPS) is 14.6. The van der Waals surface area contributed by atoms with Gasteiger partial charge in [0.05, 0.1) is 4.88 Å². The van der Waals surface area contributed by atoms with Crippen LogP contribution in [0.5, 0.6) is 0 Å². The number of fused-ring (bicyclic) bond motifs is 1. The number of carbonyl (C=O) groups is 2. The summed E-state index contributed by atoms with van der Waals surface area (Å²) in [6.07, 6.45) is 0. The quantitative estimate of drug-likeness (QED) is 0.639. The molecule has 6 nitrogen and oxygen atoms in total. The highest BCUT2D eigenvalue weighted by atomic mass is 32.1. The zero-order valence-corrected chi connectivity index (χ0v) is 15.6. The molecule has 0 bridgehead atoms. The van der Waals surface area contributed by atoms with Gasteiger partial charge < -0.3 is 14.2 Å². The summed E-state index contributed by atoms with van der Waals surface area (Å²) in [6.45, 7) is 3.64. The lowest BCUT2D eigenvalue weighted by atomic mass is 10.1. The maximum atomic E-state index is 12.8. The second-order valence-electron chi connectivity index (χ2n) is 6.48. The second kappa shape index (κ2) is 7.00. The summed E-state index contributed by atoms with van der Waals surface area (Å²) in [6, 6.07) is 12.4. The van der Waals surface area contributed by atoms with Crippen molar-refractivity contribution < 1.29 is 14.0 Å². The molecule has 1 saturated heterocycles. The van der Waals surface area contributed by atoms with Crippen molar-refractivity contribution in [1.82, 2.24) is 9.80 Å². The summed E-state index contributed by atoms with van der Waals surface area (Å²) in [7, 11) is 0. The molecule has 0 atom stereocenters. The Morgan fingerprint density at radius 3 is 2.30 bits per heavy atom. The van der Waals surface area contributed by atoms with Crippen LogP contribution in [0.15, 0.2) is 51.7 Å². The number of carbonyl (C=O) groups excluding carboxylic acids is 2. The number of rotatable bonds is 2. The first-order valence-electron chi connectivity index (χ1n) is 8.71. The molecule has 0 unspecified atom stereocenters. The Balaban J connectivity index is 1.48. The molecule has 1 aliphatic heterocycles. The molecule has 4 rings (SSSR count). The van der Waals surface area contributed by atoms with Gasteiger partial charge in [0.2, 0.25) is 0 Å². The Morgan fingerprint density at radius 1 is 0.963 bits per heavy atom. The van der Waals surface area contributed by atoms with Crippen molar-refractivity contribution in [3.63, 3.8) is 0 Å². The lowest BCUT2D eigenvalue weighted by Gasteiger charge is -2.34. The lowest BCUT2D eigenvalue weighted by molar-refractivity contribution is 0.0536. The maximum Gasteiger partial charge on any atom is 0.349 e. The number of amides is 2. The third kappa shape index (κ3) is 3.38. The first kappa shape index (κ1) is 17.5. The first-order chi connectivity index (χ1) is 13.0. The van der Waals surface area contributed by atoms with E-state index in [4.69, 9.17) is 4.42 Å². The summed E-state index contributed by atoms with van der Waals surface area (Å²) in [5.41, 5.74) is -0.144. The molecule has 1 aliphatic rings. The molecule has 0 aliphatic carbocycles. The minimum atomic E-state index is -0.633. The standard InChI is InChI=1S/C20H18N2O4S/c1-13-6-7-17(27-13)19(24)22-10-8-21(9-11-22)18(23)15-12-14-4-2-3-5-16(14)26-20(15)25/h2-7,12H,8-11H2,1H3. The topological polar surface area (TPSA) is 70.8 Å². The minimum absolute atomic E-state index is 0.00887. The number of nitrogens with zero attached hydrogens (tertiary/aromatic N) is 2. The van der Waals surface area contributed by atoms with E-state index in [1.807, 2.05) is 25.1 Å². The lowest BCUT2D eigenvalue weighted by Crippen LogP contribution is -2.51. The molecule has 27 heavy (non-hydrogen) atoms. The second-order valence-corrected chi connectivity index (χ2v) is 7.77. The van der Waals surface area contributed by atoms with Gasteiger partial charge in [-0.15, -0.1) is 11.3 Å². The van der Waals surface area contributed by atoms with Crippen LogP contribution in [0.25, 0.3) is 11.0 Å². The molecule has 138 valence electrons. The summed E-state index contributed by atoms with van der Waals surface area (Å²) in [5.74, 6) is -0.362. The van der Waals surface area contributed by atoms with Gasteiger partial charge in [0, 0.05) is 36.4 Å². The zero-order valence-electron chi connectivity index (χ0n) is 14.8. The molecule has 0 saturated carbocycles. The van der Waals surface area contributed by atoms with Crippen molar-refractivity contribution in [2.24, 2.45) is 0 Å². The molecule has 2 amide bonds. The van der Waals surface area contributed by atoms with Gasteiger partial charge in [0.1, 0.15) is 11.1 Å². The fraction of sp³-hybridized carbons (Fsp3) is 0.250. The average molecular weight is 382 g/mol. The van der Waals surface area contributed by atoms with Crippen LogP contribution in [0.4, 0.5) is 0 Å². The number of benzene rings is 1. The average Bonchev–Trinajstić information content (AvgIpc) is 3.13. The monoisotopic (exact) mass is 382 g/mol. The molecule has 3 aromatic rings. The van der Waals surface area contributed by atoms with Crippen LogP contribution in [0.2, 0.25) is 0 Å². The van der Waals surface area contributed by atoms with Crippen LogP contribution in [0.1, 0.15) is 24.9 Å². The highest BCUT2D eigenvalue weighted by Gasteiger charge is 2.27. The van der Waals surface area contributed by atoms with E-state index in [-0.39, 0.29) is 17.4 Å². The number of thiophene rings is 1. The van der Waals surface area contributed by atoms with Crippen LogP contribution in [0.3, 0.4) is 0 Å². The predicted molar refractivity (Wildman–Crippen MR) is 103 cm³/mol. The molecular formula is C20H18N2O4S. The molecular weight excluding hydrogens is 364 g/mol. The fourth-order valence-electron chi connectivity index (χ4n) is 3.20. The molecule has 7 heteroatoms. The van der Waals surface area contributed by atoms with E-state index in [0.29, 0.717) is 42.0 Å². The van der Waals surface area contributed by atoms with Crippen LogP contribution < -0.4 is 5.63 Å². The fourth-order valence-corrected chi connectivity index (χ4v) is 4.03. The summed E-state index contributed by atoms with van der Waals surface area (Å²) < 4.78 is 5.26. The summed E-state index contributed by atoms with van der Waals surface area (Å²) >= 11 is 1.47. The third-order valence-corrected chi connectivity index (χ3v) is 5.67. The zero-order chi connectivity index (χ0) is 19.0. The Hall–Kier alpha value is -2.93. The van der Waals surface area contributed by atoms with Gasteiger partial charge in [-0.1, -0.05) is 18.2 Å². The van der Waals surface area contributed by atoms with Gasteiger partial charge in [-0.05, 0) is 31.2 Å². The van der Waals surface area contributed by atoms with E-state index in [9.17, 15) is 14.4 Å². The van der Waals surface area contributed by atoms with Crippen molar-refractivity contribution in [2.75, 3.05) is 26.2 Å². The van der Waals surface area contributed by atoms with Crippen LogP contribution in [-0.4, -0.2) is 47.8 Å². The Bertz CT molecular complexity index is 1080. The van der Waals surface area contributed by atoms with Gasteiger partial charge in [-0.3, -0.25) is 9.59 Å². The third-order valence-electron chi connectivity index (χ3n) is 4.68. The van der Waals surface area contributed by atoms with E-state index < -0.39 is 5.63 Å². The van der Waals surface area contributed by atoms with E-state index in [1.54, 1.807) is 34.1 Å². The van der Waals surface area contributed by atoms with Crippen LogP contribution >= 0.6 is 11.3 Å². The number of hydrogen-bond donors (Lipinski definition) is 0. The molecule has 2 aromatic heterocycles. The van der Waals surface area contributed by atoms with Crippen molar-refractivity contribution in [3.8, 4) is 0 Å². The maximum absolute atomic E-state index is 12.8. The molecule has 1 aromatic carbocycles. The SMILES string of the molecule is Cc1ccc(C(=O)N2CCN(C(=O)c3cc4ccccc4oc3=O)CC2)s1. The largest absolute Gasteiger partial charge is 0.422 e. The Morgan fingerprint density at radius 2 is 1.63 bits per heavy atom. The molecule has 0 spiro atoms. The van der Waals surface area contributed by atoms with Gasteiger partial charge in [-0.2, -0.15) is 0 Å². The van der Waals surface area contributed by atoms with E-state index in [0.717, 1.165) is 4.88 Å². The van der Waals surface area contributed by atoms with E-state index in [2.05, 4.69) is 0 Å². The van der Waals surface area contributed by atoms with E-state index in [1.165, 1.54) is 11.3 Å². The molecule has 1 fully saturated rings. The number of aryl methyl sites for hydroxylation is 1. The Kier molecular flexibility index (Phi) is 4.53. The van der Waals surface area contributed by atoms with E-state index >= 15 is 0 Å². The minimum Gasteiger partial charge on any atom is -0.422 e. The first-order valence-corrected chi connectivity index (χ1v) is 9.52. The van der Waals surface area contributed by atoms with Crippen molar-refractivity contribution in [3.05, 3.63) is 68.2 Å². The van der Waals surface area contributed by atoms with Crippen LogP contribution in [0, 0.1) is 6.92 Å². The molecule has 0 N–H and O–H groups in total. The summed E-state index contributed by atoms with van der Waals surface area (Å²) in [5, 5.41) is 0.710. The van der Waals surface area contributed by atoms with Gasteiger partial charge >= 0.3 is 5.63 Å². The predicted octanol–water partition coefficient (Wildman–Crippen LogP) is 2.76. The highest BCUT2D eigenvalue weighted by molar-refractivity contribution is 7.13. The summed E-state index contributed by atoms with van der Waals surface area (Å²) in [4.78, 5) is 42.7. The number of para-hydroxylation sites is 1. The number of piperazine rings is 1. The smallest absolute Gasteiger partial charge is 0.349 e. The molecule has 3 heterocycles. The van der Waals surface area contributed by atoms with Gasteiger partial charge in [0.15, 0.2) is 0 Å². The van der Waals surface area contributed by atoms with Gasteiger partial charge in [0.25, 0.3) is 11.8 Å². The van der Waals surface area contributed by atoms with Crippen molar-refractivity contribution in [2.45, 2.75) is 6.92 Å². The Labute approximate surface area is 159 Å². The number of hydrogen-bond acceptors (Lipinski definition) is 5. The van der Waals surface area contributed by atoms with Crippen molar-refractivity contribution >= 4 is 34.1 Å². The van der Waals surface area contributed by atoms with Gasteiger partial charge in [-0.25, -0.2) is 4.79 Å². The highest BCUT2D eigenvalue weighted by Crippen LogP contribution is 2.19. The van der Waals surface area contributed by atoms with Crippen LogP contribution in [-0.2, 0) is 0 Å².